The molecule has 32 heavy (non-hydrogen) atoms. The van der Waals surface area contributed by atoms with Crippen molar-refractivity contribution in [3.05, 3.63) is 53.2 Å². The molecule has 1 saturated heterocycles. The first-order valence-electron chi connectivity index (χ1n) is 11.3. The van der Waals surface area contributed by atoms with Crippen LogP contribution >= 0.6 is 0 Å². The molecule has 2 aromatic heterocycles. The van der Waals surface area contributed by atoms with Gasteiger partial charge in [0, 0.05) is 50.1 Å². The van der Waals surface area contributed by atoms with E-state index in [1.807, 2.05) is 11.9 Å². The van der Waals surface area contributed by atoms with Crippen molar-refractivity contribution >= 4 is 22.7 Å². The number of hydrogen-bond donors (Lipinski definition) is 0. The van der Waals surface area contributed by atoms with Gasteiger partial charge in [-0.3, -0.25) is 9.59 Å². The van der Waals surface area contributed by atoms with Crippen molar-refractivity contribution in [2.75, 3.05) is 32.7 Å². The molecule has 4 heterocycles. The van der Waals surface area contributed by atoms with Crippen LogP contribution in [-0.4, -0.2) is 63.9 Å². The summed E-state index contributed by atoms with van der Waals surface area (Å²) in [6.45, 7) is 3.95. The van der Waals surface area contributed by atoms with E-state index in [4.69, 9.17) is 4.52 Å². The third kappa shape index (κ3) is 3.83. The summed E-state index contributed by atoms with van der Waals surface area (Å²) in [5, 5.41) is 5.12. The summed E-state index contributed by atoms with van der Waals surface area (Å²) < 4.78 is 20.5. The van der Waals surface area contributed by atoms with E-state index in [2.05, 4.69) is 10.1 Å². The van der Waals surface area contributed by atoms with Crippen LogP contribution in [0.4, 0.5) is 4.39 Å². The van der Waals surface area contributed by atoms with E-state index in [-0.39, 0.29) is 17.5 Å². The Morgan fingerprint density at radius 1 is 1.12 bits per heavy atom. The minimum absolute atomic E-state index is 0.0357. The van der Waals surface area contributed by atoms with E-state index in [0.717, 1.165) is 50.0 Å². The van der Waals surface area contributed by atoms with Gasteiger partial charge in [-0.15, -0.1) is 0 Å². The molecule has 2 aliphatic rings. The number of nitrogens with zero attached hydrogens (tertiary/aromatic N) is 4. The van der Waals surface area contributed by atoms with Crippen LogP contribution in [0.3, 0.4) is 0 Å². The van der Waals surface area contributed by atoms with Crippen LogP contribution in [0.5, 0.6) is 0 Å². The zero-order valence-corrected chi connectivity index (χ0v) is 18.2. The molecule has 168 valence electrons. The first-order valence-corrected chi connectivity index (χ1v) is 11.3. The minimum atomic E-state index is -0.314. The summed E-state index contributed by atoms with van der Waals surface area (Å²) in [7, 11) is 1.81. The van der Waals surface area contributed by atoms with Crippen LogP contribution in [0.1, 0.15) is 58.1 Å². The highest BCUT2D eigenvalue weighted by atomic mass is 19.1. The SMILES string of the molecule is Cn1ccc2c1C(=O)CCN(CCCN1CCC(c3noc4cc(F)ccc34)CC1)C2=O. The second-order valence-electron chi connectivity index (χ2n) is 8.83. The first kappa shape index (κ1) is 20.9. The zero-order chi connectivity index (χ0) is 22.2. The van der Waals surface area contributed by atoms with E-state index in [1.54, 1.807) is 22.9 Å². The van der Waals surface area contributed by atoms with Gasteiger partial charge in [-0.05, 0) is 57.1 Å². The Bertz CT molecular complexity index is 1160. The molecule has 0 atom stereocenters. The number of halogens is 1. The number of benzene rings is 1. The van der Waals surface area contributed by atoms with Gasteiger partial charge < -0.3 is 18.9 Å². The summed E-state index contributed by atoms with van der Waals surface area (Å²) in [5.41, 5.74) is 2.49. The second kappa shape index (κ2) is 8.50. The highest BCUT2D eigenvalue weighted by molar-refractivity contribution is 6.08. The lowest BCUT2D eigenvalue weighted by atomic mass is 9.91. The van der Waals surface area contributed by atoms with Gasteiger partial charge in [0.25, 0.3) is 5.91 Å². The quantitative estimate of drug-likeness (QED) is 0.609. The first-order chi connectivity index (χ1) is 15.5. The van der Waals surface area contributed by atoms with Crippen molar-refractivity contribution in [3.8, 4) is 0 Å². The largest absolute Gasteiger partial charge is 0.356 e. The van der Waals surface area contributed by atoms with Crippen LogP contribution in [0.15, 0.2) is 35.0 Å². The van der Waals surface area contributed by atoms with Crippen LogP contribution in [-0.2, 0) is 7.05 Å². The second-order valence-corrected chi connectivity index (χ2v) is 8.83. The Kier molecular flexibility index (Phi) is 5.55. The monoisotopic (exact) mass is 438 g/mol. The fourth-order valence-electron chi connectivity index (χ4n) is 5.03. The Morgan fingerprint density at radius 2 is 1.94 bits per heavy atom. The molecule has 0 N–H and O–H groups in total. The number of ketones is 1. The highest BCUT2D eigenvalue weighted by Gasteiger charge is 2.29. The molecule has 3 aromatic rings. The van der Waals surface area contributed by atoms with E-state index in [0.29, 0.717) is 42.3 Å². The third-order valence-electron chi connectivity index (χ3n) is 6.80. The van der Waals surface area contributed by atoms with E-state index >= 15 is 0 Å². The van der Waals surface area contributed by atoms with E-state index < -0.39 is 0 Å². The number of Topliss-reactive ketones (excluding diaryl/α,β-unsaturated/α-hetero) is 1. The fraction of sp³-hybridized carbons (Fsp3) is 0.458. The van der Waals surface area contributed by atoms with Crippen LogP contribution < -0.4 is 0 Å². The number of carbonyl (C=O) groups excluding carboxylic acids is 2. The van der Waals surface area contributed by atoms with Crippen molar-refractivity contribution in [2.24, 2.45) is 7.05 Å². The average molecular weight is 439 g/mol. The number of hydrogen-bond acceptors (Lipinski definition) is 5. The van der Waals surface area contributed by atoms with Crippen molar-refractivity contribution < 1.29 is 18.5 Å². The van der Waals surface area contributed by atoms with Gasteiger partial charge in [0.05, 0.1) is 17.0 Å². The van der Waals surface area contributed by atoms with Gasteiger partial charge in [0.2, 0.25) is 0 Å². The van der Waals surface area contributed by atoms with Gasteiger partial charge >= 0.3 is 0 Å². The van der Waals surface area contributed by atoms with Gasteiger partial charge in [-0.25, -0.2) is 4.39 Å². The standard InChI is InChI=1S/C24H27FN4O3/c1-27-11-7-19-23(27)20(30)8-14-29(24(19)31)10-2-9-28-12-5-16(6-13-28)22-18-4-3-17(25)15-21(18)32-26-22/h3-4,7,11,15-16H,2,5-6,8-10,12-14H2,1H3. The molecule has 7 nitrogen and oxygen atoms in total. The minimum Gasteiger partial charge on any atom is -0.356 e. The smallest absolute Gasteiger partial charge is 0.256 e. The number of carbonyl (C=O) groups is 2. The molecular weight excluding hydrogens is 411 g/mol. The van der Waals surface area contributed by atoms with E-state index in [1.165, 1.54) is 12.1 Å². The number of amides is 1. The number of likely N-dealkylation sites (tertiary alicyclic amines) is 1. The fourth-order valence-corrected chi connectivity index (χ4v) is 5.03. The molecule has 5 rings (SSSR count). The number of aryl methyl sites for hydroxylation is 1. The van der Waals surface area contributed by atoms with Gasteiger partial charge in [-0.2, -0.15) is 0 Å². The third-order valence-corrected chi connectivity index (χ3v) is 6.80. The Morgan fingerprint density at radius 3 is 2.75 bits per heavy atom. The number of fused-ring (bicyclic) bond motifs is 2. The molecule has 1 fully saturated rings. The summed E-state index contributed by atoms with van der Waals surface area (Å²) >= 11 is 0. The maximum absolute atomic E-state index is 13.4. The lowest BCUT2D eigenvalue weighted by Gasteiger charge is -2.31. The zero-order valence-electron chi connectivity index (χ0n) is 18.2. The number of rotatable bonds is 5. The summed E-state index contributed by atoms with van der Waals surface area (Å²) in [5.74, 6) is -0.00790. The van der Waals surface area contributed by atoms with Crippen LogP contribution in [0.25, 0.3) is 11.0 Å². The molecule has 0 bridgehead atoms. The summed E-state index contributed by atoms with van der Waals surface area (Å²) in [6, 6.07) is 6.34. The number of piperidine rings is 1. The molecule has 0 radical (unpaired) electrons. The van der Waals surface area contributed by atoms with Gasteiger partial charge in [-0.1, -0.05) is 5.16 Å². The number of aromatic nitrogens is 2. The molecule has 0 unspecified atom stereocenters. The molecule has 0 saturated carbocycles. The highest BCUT2D eigenvalue weighted by Crippen LogP contribution is 2.32. The average Bonchev–Trinajstić information content (AvgIpc) is 3.36. The molecule has 1 amide bonds. The lowest BCUT2D eigenvalue weighted by molar-refractivity contribution is 0.0748. The maximum Gasteiger partial charge on any atom is 0.256 e. The summed E-state index contributed by atoms with van der Waals surface area (Å²) in [6.07, 6.45) is 4.98. The van der Waals surface area contributed by atoms with Gasteiger partial charge in [0.1, 0.15) is 5.82 Å². The Balaban J connectivity index is 1.14. The van der Waals surface area contributed by atoms with Crippen LogP contribution in [0, 0.1) is 5.82 Å². The molecule has 0 aliphatic carbocycles. The van der Waals surface area contributed by atoms with Crippen LogP contribution in [0.2, 0.25) is 0 Å². The molecule has 0 spiro atoms. The van der Waals surface area contributed by atoms with Crippen molar-refractivity contribution in [3.63, 3.8) is 0 Å². The Hall–Kier alpha value is -3.00. The maximum atomic E-state index is 13.4. The molecule has 2 aliphatic heterocycles. The molecular formula is C24H27FN4O3. The predicted octanol–water partition coefficient (Wildman–Crippen LogP) is 3.60. The topological polar surface area (TPSA) is 71.6 Å². The van der Waals surface area contributed by atoms with Gasteiger partial charge in [0.15, 0.2) is 11.4 Å². The van der Waals surface area contributed by atoms with E-state index in [9.17, 15) is 14.0 Å². The summed E-state index contributed by atoms with van der Waals surface area (Å²) in [4.78, 5) is 29.5. The predicted molar refractivity (Wildman–Crippen MR) is 117 cm³/mol. The lowest BCUT2D eigenvalue weighted by Crippen LogP contribution is -2.37. The Labute approximate surface area is 185 Å². The molecule has 8 heteroatoms. The molecule has 1 aromatic carbocycles. The van der Waals surface area contributed by atoms with Crippen molar-refractivity contribution in [1.29, 1.82) is 0 Å². The van der Waals surface area contributed by atoms with Crippen molar-refractivity contribution in [2.45, 2.75) is 31.6 Å². The normalized spacial score (nSPS) is 18.4. The van der Waals surface area contributed by atoms with Crippen molar-refractivity contribution in [1.82, 2.24) is 19.5 Å².